The highest BCUT2D eigenvalue weighted by molar-refractivity contribution is 5.83. The molecular formula is C17H29NO4. The zero-order valence-corrected chi connectivity index (χ0v) is 13.9. The molecule has 1 rings (SSSR count). The lowest BCUT2D eigenvalue weighted by Gasteiger charge is -2.38. The van der Waals surface area contributed by atoms with Gasteiger partial charge in [0.25, 0.3) is 0 Å². The summed E-state index contributed by atoms with van der Waals surface area (Å²) in [4.78, 5) is 23.3. The molecule has 3 unspecified atom stereocenters. The standard InChI is InChI=1S/C17H29NO4/c1-5-6-22-11-14(16(20)21)18-15(19)8-13-7-12(2)9-17(3,4)10-13/h5,12-14H,1,6-11H2,2-4H3,(H,18,19)(H,20,21). The van der Waals surface area contributed by atoms with Crippen LogP contribution in [0.2, 0.25) is 0 Å². The van der Waals surface area contributed by atoms with Gasteiger partial charge in [0.2, 0.25) is 5.91 Å². The number of carbonyl (C=O) groups is 2. The summed E-state index contributed by atoms with van der Waals surface area (Å²) in [5, 5.41) is 11.7. The van der Waals surface area contributed by atoms with Gasteiger partial charge in [0, 0.05) is 6.42 Å². The van der Waals surface area contributed by atoms with E-state index < -0.39 is 12.0 Å². The molecule has 126 valence electrons. The molecule has 0 radical (unpaired) electrons. The molecule has 1 amide bonds. The second-order valence-electron chi connectivity index (χ2n) is 7.27. The average Bonchev–Trinajstić information content (AvgIpc) is 2.34. The quantitative estimate of drug-likeness (QED) is 0.534. The van der Waals surface area contributed by atoms with Crippen LogP contribution < -0.4 is 5.32 Å². The number of nitrogens with one attached hydrogen (secondary N) is 1. The van der Waals surface area contributed by atoms with E-state index in [-0.39, 0.29) is 24.5 Å². The second kappa shape index (κ2) is 8.32. The minimum absolute atomic E-state index is 0.0420. The van der Waals surface area contributed by atoms with E-state index in [0.29, 0.717) is 18.3 Å². The monoisotopic (exact) mass is 311 g/mol. The molecule has 0 aliphatic heterocycles. The maximum atomic E-state index is 12.1. The first-order valence-corrected chi connectivity index (χ1v) is 7.94. The Morgan fingerprint density at radius 2 is 2.14 bits per heavy atom. The molecule has 1 aliphatic rings. The van der Waals surface area contributed by atoms with Crippen molar-refractivity contribution < 1.29 is 19.4 Å². The number of carboxylic acids is 1. The van der Waals surface area contributed by atoms with Crippen LogP contribution in [0.3, 0.4) is 0 Å². The molecule has 0 heterocycles. The number of hydrogen-bond donors (Lipinski definition) is 2. The van der Waals surface area contributed by atoms with Crippen LogP contribution in [0.4, 0.5) is 0 Å². The van der Waals surface area contributed by atoms with Crippen LogP contribution in [-0.4, -0.2) is 36.2 Å². The number of ether oxygens (including phenoxy) is 1. The van der Waals surface area contributed by atoms with Crippen molar-refractivity contribution in [2.24, 2.45) is 17.3 Å². The fraction of sp³-hybridized carbons (Fsp3) is 0.765. The first kappa shape index (κ1) is 18.7. The molecule has 5 heteroatoms. The van der Waals surface area contributed by atoms with E-state index in [9.17, 15) is 9.59 Å². The Morgan fingerprint density at radius 1 is 1.45 bits per heavy atom. The number of hydrogen-bond acceptors (Lipinski definition) is 3. The van der Waals surface area contributed by atoms with Crippen LogP contribution in [0.1, 0.15) is 46.5 Å². The first-order valence-electron chi connectivity index (χ1n) is 7.94. The molecule has 0 saturated heterocycles. The van der Waals surface area contributed by atoms with Gasteiger partial charge < -0.3 is 15.2 Å². The third kappa shape index (κ3) is 6.60. The van der Waals surface area contributed by atoms with Crippen LogP contribution in [-0.2, 0) is 14.3 Å². The Morgan fingerprint density at radius 3 is 2.68 bits per heavy atom. The summed E-state index contributed by atoms with van der Waals surface area (Å²) < 4.78 is 5.13. The number of carbonyl (C=O) groups excluding carboxylic acids is 1. The third-order valence-electron chi connectivity index (χ3n) is 4.11. The predicted molar refractivity (Wildman–Crippen MR) is 85.5 cm³/mol. The van der Waals surface area contributed by atoms with Gasteiger partial charge in [-0.1, -0.05) is 26.8 Å². The molecular weight excluding hydrogens is 282 g/mol. The van der Waals surface area contributed by atoms with Gasteiger partial charge in [0.15, 0.2) is 6.04 Å². The Kier molecular flexibility index (Phi) is 7.07. The van der Waals surface area contributed by atoms with Gasteiger partial charge in [-0.25, -0.2) is 4.79 Å². The van der Waals surface area contributed by atoms with Crippen molar-refractivity contribution in [3.63, 3.8) is 0 Å². The number of rotatable bonds is 8. The van der Waals surface area contributed by atoms with Gasteiger partial charge in [0.05, 0.1) is 13.2 Å². The molecule has 3 atom stereocenters. The average molecular weight is 311 g/mol. The van der Waals surface area contributed by atoms with Crippen molar-refractivity contribution in [3.05, 3.63) is 12.7 Å². The summed E-state index contributed by atoms with van der Waals surface area (Å²) in [7, 11) is 0. The Balaban J connectivity index is 2.49. The largest absolute Gasteiger partial charge is 0.480 e. The van der Waals surface area contributed by atoms with E-state index in [4.69, 9.17) is 9.84 Å². The van der Waals surface area contributed by atoms with E-state index in [2.05, 4.69) is 32.7 Å². The molecule has 0 aromatic rings. The van der Waals surface area contributed by atoms with E-state index in [1.54, 1.807) is 6.08 Å². The van der Waals surface area contributed by atoms with Crippen LogP contribution >= 0.6 is 0 Å². The highest BCUT2D eigenvalue weighted by Gasteiger charge is 2.33. The highest BCUT2D eigenvalue weighted by atomic mass is 16.5. The normalized spacial score (nSPS) is 25.2. The minimum atomic E-state index is -1.07. The highest BCUT2D eigenvalue weighted by Crippen LogP contribution is 2.42. The zero-order valence-electron chi connectivity index (χ0n) is 13.9. The Labute approximate surface area is 133 Å². The molecule has 0 aromatic carbocycles. The molecule has 22 heavy (non-hydrogen) atoms. The molecule has 2 N–H and O–H groups in total. The van der Waals surface area contributed by atoms with E-state index in [0.717, 1.165) is 12.8 Å². The topological polar surface area (TPSA) is 75.6 Å². The summed E-state index contributed by atoms with van der Waals surface area (Å²) in [5.74, 6) is -0.353. The maximum Gasteiger partial charge on any atom is 0.328 e. The van der Waals surface area contributed by atoms with Crippen molar-refractivity contribution in [1.82, 2.24) is 5.32 Å². The molecule has 5 nitrogen and oxygen atoms in total. The lowest BCUT2D eigenvalue weighted by atomic mass is 9.67. The minimum Gasteiger partial charge on any atom is -0.480 e. The van der Waals surface area contributed by atoms with Crippen LogP contribution in [0, 0.1) is 17.3 Å². The molecule has 0 bridgehead atoms. The lowest BCUT2D eigenvalue weighted by Crippen LogP contribution is -2.45. The van der Waals surface area contributed by atoms with E-state index in [1.165, 1.54) is 6.42 Å². The summed E-state index contributed by atoms with van der Waals surface area (Å²) in [5.41, 5.74) is 0.252. The summed E-state index contributed by atoms with van der Waals surface area (Å²) in [6.45, 7) is 10.4. The lowest BCUT2D eigenvalue weighted by molar-refractivity contribution is -0.143. The number of aliphatic carboxylic acids is 1. The SMILES string of the molecule is C=CCOCC(NC(=O)CC1CC(C)CC(C)(C)C1)C(=O)O. The maximum absolute atomic E-state index is 12.1. The Bertz CT molecular complexity index is 405. The molecule has 0 spiro atoms. The van der Waals surface area contributed by atoms with Crippen LogP contribution in [0.5, 0.6) is 0 Å². The van der Waals surface area contributed by atoms with E-state index in [1.807, 2.05) is 0 Å². The molecule has 1 fully saturated rings. The van der Waals surface area contributed by atoms with Gasteiger partial charge >= 0.3 is 5.97 Å². The van der Waals surface area contributed by atoms with Crippen molar-refractivity contribution in [1.29, 1.82) is 0 Å². The third-order valence-corrected chi connectivity index (χ3v) is 4.11. The fourth-order valence-corrected chi connectivity index (χ4v) is 3.66. The van der Waals surface area contributed by atoms with Crippen molar-refractivity contribution >= 4 is 11.9 Å². The zero-order chi connectivity index (χ0) is 16.8. The van der Waals surface area contributed by atoms with Crippen molar-refractivity contribution in [3.8, 4) is 0 Å². The van der Waals surface area contributed by atoms with Crippen molar-refractivity contribution in [2.75, 3.05) is 13.2 Å². The fourth-order valence-electron chi connectivity index (χ4n) is 3.66. The summed E-state index contributed by atoms with van der Waals surface area (Å²) in [6.07, 6.45) is 5.15. The Hall–Kier alpha value is -1.36. The molecule has 1 aliphatic carbocycles. The smallest absolute Gasteiger partial charge is 0.328 e. The van der Waals surface area contributed by atoms with Gasteiger partial charge in [0.1, 0.15) is 0 Å². The first-order chi connectivity index (χ1) is 10.2. The van der Waals surface area contributed by atoms with Crippen LogP contribution in [0.25, 0.3) is 0 Å². The predicted octanol–water partition coefficient (Wildman–Crippen LogP) is 2.61. The summed E-state index contributed by atoms with van der Waals surface area (Å²) in [6, 6.07) is -0.999. The van der Waals surface area contributed by atoms with Gasteiger partial charge in [-0.3, -0.25) is 4.79 Å². The van der Waals surface area contributed by atoms with Gasteiger partial charge in [-0.2, -0.15) is 0 Å². The molecule has 1 saturated carbocycles. The van der Waals surface area contributed by atoms with Crippen LogP contribution in [0.15, 0.2) is 12.7 Å². The van der Waals surface area contributed by atoms with Crippen molar-refractivity contribution in [2.45, 2.75) is 52.5 Å². The number of amides is 1. The summed E-state index contributed by atoms with van der Waals surface area (Å²) >= 11 is 0. The molecule has 0 aromatic heterocycles. The number of carboxylic acid groups (broad SMARTS) is 1. The van der Waals surface area contributed by atoms with Gasteiger partial charge in [-0.15, -0.1) is 6.58 Å². The second-order valence-corrected chi connectivity index (χ2v) is 7.27. The van der Waals surface area contributed by atoms with Gasteiger partial charge in [-0.05, 0) is 36.5 Å². The van der Waals surface area contributed by atoms with E-state index >= 15 is 0 Å².